The molecule has 0 aliphatic carbocycles. The van der Waals surface area contributed by atoms with Gasteiger partial charge >= 0.3 is 0 Å². The minimum absolute atomic E-state index is 0.00769. The summed E-state index contributed by atoms with van der Waals surface area (Å²) < 4.78 is 13.7. The molecule has 6 heteroatoms. The number of rotatable bonds is 3. The summed E-state index contributed by atoms with van der Waals surface area (Å²) in [6, 6.07) is 11.4. The summed E-state index contributed by atoms with van der Waals surface area (Å²) in [7, 11) is 0. The van der Waals surface area contributed by atoms with Crippen LogP contribution in [0.1, 0.15) is 16.1 Å². The third kappa shape index (κ3) is 3.59. The molecule has 1 fully saturated rings. The van der Waals surface area contributed by atoms with Crippen molar-refractivity contribution in [3.63, 3.8) is 0 Å². The summed E-state index contributed by atoms with van der Waals surface area (Å²) in [5.41, 5.74) is 0.804. The predicted molar refractivity (Wildman–Crippen MR) is 86.8 cm³/mol. The van der Waals surface area contributed by atoms with Gasteiger partial charge in [0.2, 0.25) is 5.91 Å². The van der Waals surface area contributed by atoms with E-state index in [4.69, 9.17) is 0 Å². The summed E-state index contributed by atoms with van der Waals surface area (Å²) >= 11 is 0. The summed E-state index contributed by atoms with van der Waals surface area (Å²) in [5.74, 6) is -0.854. The van der Waals surface area contributed by atoms with Crippen LogP contribution in [0.2, 0.25) is 0 Å². The van der Waals surface area contributed by atoms with Gasteiger partial charge in [0.1, 0.15) is 5.82 Å². The summed E-state index contributed by atoms with van der Waals surface area (Å²) in [6.07, 6.45) is 1.91. The monoisotopic (exact) mass is 327 g/mol. The van der Waals surface area contributed by atoms with Gasteiger partial charge in [0.05, 0.1) is 12.0 Å². The number of carbonyl (C=O) groups is 2. The summed E-state index contributed by atoms with van der Waals surface area (Å²) in [6.45, 7) is 1.71. The van der Waals surface area contributed by atoms with Gasteiger partial charge in [-0.2, -0.15) is 0 Å². The highest BCUT2D eigenvalue weighted by atomic mass is 19.1. The standard InChI is InChI=1S/C18H18FN3O2/c19-16-7-2-1-6-15(16)18(24)22-11-9-21(10-12-22)17(23)13-14-5-3-4-8-20-14/h1-8H,9-13H2. The van der Waals surface area contributed by atoms with Crippen molar-refractivity contribution in [1.29, 1.82) is 0 Å². The fraction of sp³-hybridized carbons (Fsp3) is 0.278. The lowest BCUT2D eigenvalue weighted by Crippen LogP contribution is -2.51. The van der Waals surface area contributed by atoms with Crippen LogP contribution in [0.15, 0.2) is 48.7 Å². The van der Waals surface area contributed by atoms with Crippen molar-refractivity contribution in [1.82, 2.24) is 14.8 Å². The van der Waals surface area contributed by atoms with Gasteiger partial charge in [0.25, 0.3) is 5.91 Å². The molecule has 0 bridgehead atoms. The third-order valence-corrected chi connectivity index (χ3v) is 4.08. The quantitative estimate of drug-likeness (QED) is 0.863. The van der Waals surface area contributed by atoms with E-state index in [0.29, 0.717) is 26.2 Å². The molecule has 0 unspecified atom stereocenters. The lowest BCUT2D eigenvalue weighted by molar-refractivity contribution is -0.132. The van der Waals surface area contributed by atoms with Gasteiger partial charge in [0, 0.05) is 38.1 Å². The molecule has 2 heterocycles. The average molecular weight is 327 g/mol. The molecule has 5 nitrogen and oxygen atoms in total. The number of halogens is 1. The first kappa shape index (κ1) is 16.1. The maximum absolute atomic E-state index is 13.7. The molecule has 0 N–H and O–H groups in total. The lowest BCUT2D eigenvalue weighted by Gasteiger charge is -2.34. The molecule has 124 valence electrons. The normalized spacial score (nSPS) is 14.5. The number of piperazine rings is 1. The van der Waals surface area contributed by atoms with Crippen LogP contribution in [0, 0.1) is 5.82 Å². The average Bonchev–Trinajstić information content (AvgIpc) is 2.62. The van der Waals surface area contributed by atoms with E-state index in [-0.39, 0.29) is 23.8 Å². The molecule has 1 saturated heterocycles. The Morgan fingerprint density at radius 1 is 0.958 bits per heavy atom. The number of aromatic nitrogens is 1. The molecule has 0 saturated carbocycles. The van der Waals surface area contributed by atoms with Crippen molar-refractivity contribution in [3.8, 4) is 0 Å². The Balaban J connectivity index is 1.57. The smallest absolute Gasteiger partial charge is 0.256 e. The van der Waals surface area contributed by atoms with Gasteiger partial charge in [0.15, 0.2) is 0 Å². The van der Waals surface area contributed by atoms with E-state index in [1.165, 1.54) is 12.1 Å². The van der Waals surface area contributed by atoms with E-state index in [9.17, 15) is 14.0 Å². The SMILES string of the molecule is O=C(Cc1ccccn1)N1CCN(C(=O)c2ccccc2F)CC1. The maximum Gasteiger partial charge on any atom is 0.256 e. The Morgan fingerprint density at radius 2 is 1.62 bits per heavy atom. The van der Waals surface area contributed by atoms with Crippen LogP contribution >= 0.6 is 0 Å². The first-order valence-corrected chi connectivity index (χ1v) is 7.86. The van der Waals surface area contributed by atoms with Gasteiger partial charge in [-0.05, 0) is 24.3 Å². The van der Waals surface area contributed by atoms with Crippen LogP contribution in [-0.2, 0) is 11.2 Å². The Morgan fingerprint density at radius 3 is 2.29 bits per heavy atom. The fourth-order valence-corrected chi connectivity index (χ4v) is 2.73. The predicted octanol–water partition coefficient (Wildman–Crippen LogP) is 1.75. The first-order valence-electron chi connectivity index (χ1n) is 7.86. The van der Waals surface area contributed by atoms with Crippen molar-refractivity contribution in [2.45, 2.75) is 6.42 Å². The maximum atomic E-state index is 13.7. The van der Waals surface area contributed by atoms with Gasteiger partial charge in [-0.15, -0.1) is 0 Å². The van der Waals surface area contributed by atoms with Crippen molar-refractivity contribution in [3.05, 3.63) is 65.7 Å². The fourth-order valence-electron chi connectivity index (χ4n) is 2.73. The van der Waals surface area contributed by atoms with E-state index < -0.39 is 5.82 Å². The summed E-state index contributed by atoms with van der Waals surface area (Å²) in [4.78, 5) is 32.1. The van der Waals surface area contributed by atoms with E-state index in [1.807, 2.05) is 12.1 Å². The second-order valence-corrected chi connectivity index (χ2v) is 5.65. The van der Waals surface area contributed by atoms with Crippen LogP contribution < -0.4 is 0 Å². The zero-order valence-electron chi connectivity index (χ0n) is 13.2. The minimum atomic E-state index is -0.517. The second-order valence-electron chi connectivity index (χ2n) is 5.65. The molecule has 2 amide bonds. The second kappa shape index (κ2) is 7.21. The van der Waals surface area contributed by atoms with E-state index in [0.717, 1.165) is 5.69 Å². The largest absolute Gasteiger partial charge is 0.339 e. The Hall–Kier alpha value is -2.76. The lowest BCUT2D eigenvalue weighted by atomic mass is 10.1. The number of amides is 2. The zero-order chi connectivity index (χ0) is 16.9. The van der Waals surface area contributed by atoms with Gasteiger partial charge < -0.3 is 9.80 Å². The third-order valence-electron chi connectivity index (χ3n) is 4.08. The van der Waals surface area contributed by atoms with Crippen molar-refractivity contribution in [2.24, 2.45) is 0 Å². The van der Waals surface area contributed by atoms with Crippen LogP contribution in [0.25, 0.3) is 0 Å². The minimum Gasteiger partial charge on any atom is -0.339 e. The van der Waals surface area contributed by atoms with E-state index in [2.05, 4.69) is 4.98 Å². The highest BCUT2D eigenvalue weighted by molar-refractivity contribution is 5.94. The van der Waals surface area contributed by atoms with E-state index >= 15 is 0 Å². The Labute approximate surface area is 139 Å². The molecule has 1 aliphatic rings. The molecule has 2 aromatic rings. The van der Waals surface area contributed by atoms with Crippen LogP contribution in [-0.4, -0.2) is 52.8 Å². The van der Waals surface area contributed by atoms with Crippen molar-refractivity contribution in [2.75, 3.05) is 26.2 Å². The number of pyridine rings is 1. The van der Waals surface area contributed by atoms with Crippen LogP contribution in [0.4, 0.5) is 4.39 Å². The number of nitrogens with zero attached hydrogens (tertiary/aromatic N) is 3. The number of hydrogen-bond donors (Lipinski definition) is 0. The molecule has 0 atom stereocenters. The molecule has 3 rings (SSSR count). The zero-order valence-corrected chi connectivity index (χ0v) is 13.2. The Kier molecular flexibility index (Phi) is 4.84. The molecular formula is C18H18FN3O2. The molecule has 1 aromatic carbocycles. The molecule has 1 aromatic heterocycles. The number of hydrogen-bond acceptors (Lipinski definition) is 3. The highest BCUT2D eigenvalue weighted by Gasteiger charge is 2.26. The van der Waals surface area contributed by atoms with Crippen molar-refractivity contribution < 1.29 is 14.0 Å². The van der Waals surface area contributed by atoms with Crippen molar-refractivity contribution >= 4 is 11.8 Å². The molecule has 0 radical (unpaired) electrons. The number of carbonyl (C=O) groups excluding carboxylic acids is 2. The van der Waals surface area contributed by atoms with Gasteiger partial charge in [-0.25, -0.2) is 4.39 Å². The highest BCUT2D eigenvalue weighted by Crippen LogP contribution is 2.13. The Bertz CT molecular complexity index is 728. The van der Waals surface area contributed by atoms with Gasteiger partial charge in [-0.1, -0.05) is 18.2 Å². The molecule has 24 heavy (non-hydrogen) atoms. The van der Waals surface area contributed by atoms with E-state index in [1.54, 1.807) is 34.2 Å². The molecule has 1 aliphatic heterocycles. The topological polar surface area (TPSA) is 53.5 Å². The van der Waals surface area contributed by atoms with Crippen LogP contribution in [0.5, 0.6) is 0 Å². The molecule has 0 spiro atoms. The number of benzene rings is 1. The van der Waals surface area contributed by atoms with Crippen LogP contribution in [0.3, 0.4) is 0 Å². The first-order chi connectivity index (χ1) is 11.6. The molecular weight excluding hydrogens is 309 g/mol. The summed E-state index contributed by atoms with van der Waals surface area (Å²) in [5, 5.41) is 0. The van der Waals surface area contributed by atoms with Gasteiger partial charge in [-0.3, -0.25) is 14.6 Å².